The molecule has 0 spiro atoms. The molecule has 1 unspecified atom stereocenters. The van der Waals surface area contributed by atoms with Crippen LogP contribution in [0.3, 0.4) is 0 Å². The Morgan fingerprint density at radius 3 is 2.18 bits per heavy atom. The average molecular weight is 609 g/mol. The summed E-state index contributed by atoms with van der Waals surface area (Å²) in [5.74, 6) is -0.0909. The molecule has 1 amide bonds. The van der Waals surface area contributed by atoms with E-state index in [-0.39, 0.29) is 23.3 Å². The second-order valence-electron chi connectivity index (χ2n) is 12.5. The van der Waals surface area contributed by atoms with Gasteiger partial charge in [0.05, 0.1) is 18.6 Å². The molecule has 0 saturated carbocycles. The lowest BCUT2D eigenvalue weighted by atomic mass is 9.76. The smallest absolute Gasteiger partial charge is 0.416 e. The van der Waals surface area contributed by atoms with Crippen molar-refractivity contribution in [3.63, 3.8) is 0 Å². The number of nitrogens with zero attached hydrogens (tertiary/aromatic N) is 1. The molecule has 0 aliphatic carbocycles. The molecule has 1 atom stereocenters. The largest absolute Gasteiger partial charge is 0.465 e. The normalized spacial score (nSPS) is 16.0. The van der Waals surface area contributed by atoms with Gasteiger partial charge in [0.1, 0.15) is 0 Å². The van der Waals surface area contributed by atoms with Crippen molar-refractivity contribution < 1.29 is 27.5 Å². The van der Waals surface area contributed by atoms with Gasteiger partial charge in [-0.2, -0.15) is 13.2 Å². The van der Waals surface area contributed by atoms with Crippen molar-refractivity contribution in [2.45, 2.75) is 70.5 Å². The number of carbonyl (C=O) groups is 2. The van der Waals surface area contributed by atoms with Gasteiger partial charge in [-0.15, -0.1) is 0 Å². The molecular weight excluding hydrogens is 565 g/mol. The minimum atomic E-state index is -4.41. The molecule has 1 saturated heterocycles. The van der Waals surface area contributed by atoms with Crippen LogP contribution in [0, 0.1) is 5.92 Å². The van der Waals surface area contributed by atoms with Crippen LogP contribution in [0.15, 0.2) is 78.9 Å². The van der Waals surface area contributed by atoms with Gasteiger partial charge in [0, 0.05) is 30.1 Å². The highest BCUT2D eigenvalue weighted by atomic mass is 19.4. The molecule has 236 valence electrons. The van der Waals surface area contributed by atoms with E-state index in [1.807, 2.05) is 32.0 Å². The molecule has 1 fully saturated rings. The maximum Gasteiger partial charge on any atom is 0.416 e. The Morgan fingerprint density at radius 2 is 1.55 bits per heavy atom. The zero-order valence-corrected chi connectivity index (χ0v) is 25.8. The lowest BCUT2D eigenvalue weighted by molar-refractivity contribution is -0.146. The van der Waals surface area contributed by atoms with Crippen molar-refractivity contribution in [2.75, 3.05) is 26.2 Å². The maximum atomic E-state index is 13.3. The van der Waals surface area contributed by atoms with Crippen molar-refractivity contribution in [2.24, 2.45) is 5.92 Å². The van der Waals surface area contributed by atoms with E-state index >= 15 is 0 Å². The van der Waals surface area contributed by atoms with E-state index in [1.165, 1.54) is 12.1 Å². The van der Waals surface area contributed by atoms with Crippen LogP contribution in [-0.2, 0) is 21.1 Å². The van der Waals surface area contributed by atoms with Crippen molar-refractivity contribution in [1.82, 2.24) is 10.2 Å². The number of likely N-dealkylation sites (tertiary alicyclic amines) is 1. The molecule has 5 nitrogen and oxygen atoms in total. The number of hydrogen-bond acceptors (Lipinski definition) is 4. The summed E-state index contributed by atoms with van der Waals surface area (Å²) in [6.07, 6.45) is -0.665. The first-order valence-corrected chi connectivity index (χ1v) is 15.5. The highest BCUT2D eigenvalue weighted by Crippen LogP contribution is 2.34. The standard InChI is InChI=1S/C36H43F3N2O3/c1-26(2)25-44-33(42)24-35(3,28-10-5-4-6-11-28)20-9-21-41-22-18-30(19-23-41)40-34(43)32-13-8-7-12-31(32)27-14-16-29(17-15-27)36(37,38)39/h4-8,10-17,26,30H,9,18-25H2,1-3H3,(H,40,43). The topological polar surface area (TPSA) is 58.6 Å². The number of hydrogen-bond donors (Lipinski definition) is 1. The Balaban J connectivity index is 1.29. The molecule has 3 aromatic rings. The third-order valence-electron chi connectivity index (χ3n) is 8.40. The van der Waals surface area contributed by atoms with Crippen LogP contribution >= 0.6 is 0 Å². The summed E-state index contributed by atoms with van der Waals surface area (Å²) in [5, 5.41) is 3.15. The third kappa shape index (κ3) is 9.18. The van der Waals surface area contributed by atoms with E-state index in [0.29, 0.717) is 35.6 Å². The molecule has 0 aromatic heterocycles. The lowest BCUT2D eigenvalue weighted by Crippen LogP contribution is -2.45. The number of amides is 1. The number of esters is 1. The van der Waals surface area contributed by atoms with E-state index in [9.17, 15) is 22.8 Å². The van der Waals surface area contributed by atoms with Gasteiger partial charge < -0.3 is 15.0 Å². The first-order chi connectivity index (χ1) is 20.9. The quantitative estimate of drug-likeness (QED) is 0.213. The van der Waals surface area contributed by atoms with E-state index < -0.39 is 11.7 Å². The van der Waals surface area contributed by atoms with Crippen LogP contribution in [0.25, 0.3) is 11.1 Å². The van der Waals surface area contributed by atoms with Crippen LogP contribution in [0.1, 0.15) is 74.4 Å². The van der Waals surface area contributed by atoms with Gasteiger partial charge in [-0.1, -0.05) is 81.4 Å². The Hall–Kier alpha value is -3.65. The molecule has 1 aliphatic rings. The maximum absolute atomic E-state index is 13.3. The van der Waals surface area contributed by atoms with Gasteiger partial charge in [-0.05, 0) is 73.0 Å². The predicted octanol–water partition coefficient (Wildman–Crippen LogP) is 7.89. The molecule has 1 N–H and O–H groups in total. The summed E-state index contributed by atoms with van der Waals surface area (Å²) in [7, 11) is 0. The summed E-state index contributed by atoms with van der Waals surface area (Å²) in [5.41, 5.74) is 1.72. The zero-order valence-electron chi connectivity index (χ0n) is 25.8. The molecule has 0 radical (unpaired) electrons. The second kappa shape index (κ2) is 14.9. The SMILES string of the molecule is CC(C)COC(=O)CC(C)(CCCN1CCC(NC(=O)c2ccccc2-c2ccc(C(F)(F)F)cc2)CC1)c1ccccc1. The number of alkyl halides is 3. The van der Waals surface area contributed by atoms with Crippen molar-refractivity contribution >= 4 is 11.9 Å². The molecular formula is C36H43F3N2O3. The van der Waals surface area contributed by atoms with E-state index in [0.717, 1.165) is 63.0 Å². The number of nitrogens with one attached hydrogen (secondary N) is 1. The van der Waals surface area contributed by atoms with Gasteiger partial charge in [-0.3, -0.25) is 9.59 Å². The number of ether oxygens (including phenoxy) is 1. The first-order valence-electron chi connectivity index (χ1n) is 15.5. The highest BCUT2D eigenvalue weighted by Gasteiger charge is 2.32. The highest BCUT2D eigenvalue weighted by molar-refractivity contribution is 6.01. The van der Waals surface area contributed by atoms with Gasteiger partial charge in [0.25, 0.3) is 5.91 Å². The zero-order chi connectivity index (χ0) is 31.7. The number of benzene rings is 3. The van der Waals surface area contributed by atoms with Crippen LogP contribution in [-0.4, -0.2) is 49.1 Å². The van der Waals surface area contributed by atoms with Crippen molar-refractivity contribution in [3.8, 4) is 11.1 Å². The Kier molecular flexibility index (Phi) is 11.2. The summed E-state index contributed by atoms with van der Waals surface area (Å²) in [6, 6.07) is 22.1. The monoisotopic (exact) mass is 608 g/mol. The van der Waals surface area contributed by atoms with Gasteiger partial charge >= 0.3 is 12.1 Å². The lowest BCUT2D eigenvalue weighted by Gasteiger charge is -2.34. The first kappa shape index (κ1) is 33.2. The number of piperidine rings is 1. The summed E-state index contributed by atoms with van der Waals surface area (Å²) in [4.78, 5) is 28.3. The summed E-state index contributed by atoms with van der Waals surface area (Å²) in [6.45, 7) is 9.23. The molecule has 1 heterocycles. The fourth-order valence-electron chi connectivity index (χ4n) is 5.83. The Morgan fingerprint density at radius 1 is 0.909 bits per heavy atom. The molecule has 8 heteroatoms. The predicted molar refractivity (Wildman–Crippen MR) is 167 cm³/mol. The Bertz CT molecular complexity index is 1370. The van der Waals surface area contributed by atoms with Gasteiger partial charge in [-0.25, -0.2) is 0 Å². The van der Waals surface area contributed by atoms with E-state index in [4.69, 9.17) is 4.74 Å². The molecule has 3 aromatic carbocycles. The van der Waals surface area contributed by atoms with E-state index in [2.05, 4.69) is 29.3 Å². The number of halogens is 3. The van der Waals surface area contributed by atoms with Crippen LogP contribution < -0.4 is 5.32 Å². The molecule has 0 bridgehead atoms. The van der Waals surface area contributed by atoms with Crippen molar-refractivity contribution in [1.29, 1.82) is 0 Å². The van der Waals surface area contributed by atoms with E-state index in [1.54, 1.807) is 24.3 Å². The van der Waals surface area contributed by atoms with Crippen molar-refractivity contribution in [3.05, 3.63) is 95.6 Å². The second-order valence-corrected chi connectivity index (χ2v) is 12.5. The summed E-state index contributed by atoms with van der Waals surface area (Å²) < 4.78 is 44.6. The average Bonchev–Trinajstić information content (AvgIpc) is 3.01. The third-order valence-corrected chi connectivity index (χ3v) is 8.40. The minimum absolute atomic E-state index is 0.0183. The van der Waals surface area contributed by atoms with Crippen LogP contribution in [0.2, 0.25) is 0 Å². The Labute approximate surface area is 258 Å². The minimum Gasteiger partial charge on any atom is -0.465 e. The number of carbonyl (C=O) groups excluding carboxylic acids is 2. The van der Waals surface area contributed by atoms with Crippen LogP contribution in [0.4, 0.5) is 13.2 Å². The fourth-order valence-corrected chi connectivity index (χ4v) is 5.83. The molecule has 44 heavy (non-hydrogen) atoms. The van der Waals surface area contributed by atoms with Crippen LogP contribution in [0.5, 0.6) is 0 Å². The van der Waals surface area contributed by atoms with Gasteiger partial charge in [0.15, 0.2) is 0 Å². The number of rotatable bonds is 12. The summed E-state index contributed by atoms with van der Waals surface area (Å²) >= 11 is 0. The van der Waals surface area contributed by atoms with Gasteiger partial charge in [0.2, 0.25) is 0 Å². The fraction of sp³-hybridized carbons (Fsp3) is 0.444. The molecule has 1 aliphatic heterocycles. The molecule has 4 rings (SSSR count).